The number of carbonyl (C=O) groups excluding carboxylic acids is 1. The number of benzene rings is 1. The molecular formula is C19H26N4O3. The number of amides is 2. The molecule has 140 valence electrons. The average molecular weight is 358 g/mol. The number of nitrogens with zero attached hydrogens (tertiary/aromatic N) is 2. The summed E-state index contributed by atoms with van der Waals surface area (Å²) in [6.07, 6.45) is 1.76. The van der Waals surface area contributed by atoms with E-state index >= 15 is 0 Å². The lowest BCUT2D eigenvalue weighted by atomic mass is 10.2. The number of methoxy groups -OCH3 is 2. The number of hydrogen-bond acceptors (Lipinski definition) is 5. The second-order valence-electron chi connectivity index (χ2n) is 5.60. The number of rotatable bonds is 8. The first kappa shape index (κ1) is 19.4. The highest BCUT2D eigenvalue weighted by Crippen LogP contribution is 2.25. The molecule has 2 aromatic rings. The van der Waals surface area contributed by atoms with E-state index in [1.54, 1.807) is 38.6 Å². The summed E-state index contributed by atoms with van der Waals surface area (Å²) < 4.78 is 10.4. The van der Waals surface area contributed by atoms with Crippen LogP contribution in [0.4, 0.5) is 16.3 Å². The Morgan fingerprint density at radius 1 is 1.08 bits per heavy atom. The normalized spacial score (nSPS) is 10.2. The second kappa shape index (κ2) is 9.50. The predicted molar refractivity (Wildman–Crippen MR) is 103 cm³/mol. The molecule has 0 saturated carbocycles. The van der Waals surface area contributed by atoms with Crippen LogP contribution in [0.25, 0.3) is 0 Å². The molecule has 0 radical (unpaired) electrons. The minimum atomic E-state index is -0.304. The molecule has 1 aromatic heterocycles. The van der Waals surface area contributed by atoms with Crippen LogP contribution in [-0.2, 0) is 6.54 Å². The third-order valence-electron chi connectivity index (χ3n) is 3.96. The van der Waals surface area contributed by atoms with Crippen LogP contribution in [-0.4, -0.2) is 38.3 Å². The van der Waals surface area contributed by atoms with Crippen molar-refractivity contribution in [1.29, 1.82) is 0 Å². The number of aromatic nitrogens is 1. The molecule has 2 rings (SSSR count). The second-order valence-corrected chi connectivity index (χ2v) is 5.60. The van der Waals surface area contributed by atoms with E-state index in [1.165, 1.54) is 0 Å². The number of ether oxygens (including phenoxy) is 2. The van der Waals surface area contributed by atoms with Gasteiger partial charge in [-0.05, 0) is 31.5 Å². The molecule has 0 fully saturated rings. The molecule has 1 aromatic carbocycles. The number of anilines is 2. The van der Waals surface area contributed by atoms with Gasteiger partial charge in [-0.15, -0.1) is 0 Å². The van der Waals surface area contributed by atoms with Gasteiger partial charge in [-0.3, -0.25) is 0 Å². The number of nitrogens with one attached hydrogen (secondary N) is 2. The molecule has 0 saturated heterocycles. The van der Waals surface area contributed by atoms with E-state index in [1.807, 2.05) is 12.1 Å². The zero-order valence-corrected chi connectivity index (χ0v) is 15.7. The molecule has 0 aliphatic carbocycles. The van der Waals surface area contributed by atoms with Crippen molar-refractivity contribution in [3.05, 3.63) is 42.1 Å². The maximum Gasteiger partial charge on any atom is 0.319 e. The van der Waals surface area contributed by atoms with Crippen molar-refractivity contribution < 1.29 is 14.3 Å². The molecule has 0 spiro atoms. The zero-order valence-electron chi connectivity index (χ0n) is 15.7. The Hall–Kier alpha value is -2.96. The number of pyridine rings is 1. The molecule has 1 heterocycles. The molecule has 2 N–H and O–H groups in total. The summed E-state index contributed by atoms with van der Waals surface area (Å²) in [5.41, 5.74) is 1.58. The van der Waals surface area contributed by atoms with Gasteiger partial charge in [-0.25, -0.2) is 9.78 Å². The Morgan fingerprint density at radius 3 is 2.31 bits per heavy atom. The fourth-order valence-electron chi connectivity index (χ4n) is 2.53. The summed E-state index contributed by atoms with van der Waals surface area (Å²) in [5.74, 6) is 2.13. The van der Waals surface area contributed by atoms with E-state index in [2.05, 4.69) is 34.4 Å². The summed E-state index contributed by atoms with van der Waals surface area (Å²) in [5, 5.41) is 5.63. The van der Waals surface area contributed by atoms with E-state index in [4.69, 9.17) is 9.47 Å². The fourth-order valence-corrected chi connectivity index (χ4v) is 2.53. The third-order valence-corrected chi connectivity index (χ3v) is 3.96. The van der Waals surface area contributed by atoms with Crippen LogP contribution in [0, 0.1) is 0 Å². The Morgan fingerprint density at radius 2 is 1.73 bits per heavy atom. The van der Waals surface area contributed by atoms with Crippen LogP contribution in [0.2, 0.25) is 0 Å². The van der Waals surface area contributed by atoms with E-state index < -0.39 is 0 Å². The van der Waals surface area contributed by atoms with Gasteiger partial charge in [-0.1, -0.05) is 0 Å². The van der Waals surface area contributed by atoms with Crippen LogP contribution < -0.4 is 25.0 Å². The number of hydrogen-bond donors (Lipinski definition) is 2. The van der Waals surface area contributed by atoms with Gasteiger partial charge in [0.15, 0.2) is 0 Å². The molecule has 26 heavy (non-hydrogen) atoms. The van der Waals surface area contributed by atoms with Crippen molar-refractivity contribution in [2.45, 2.75) is 20.4 Å². The summed E-state index contributed by atoms with van der Waals surface area (Å²) in [6, 6.07) is 8.78. The molecular weight excluding hydrogens is 332 g/mol. The number of carbonyl (C=O) groups is 1. The first-order valence-electron chi connectivity index (χ1n) is 8.57. The van der Waals surface area contributed by atoms with Crippen molar-refractivity contribution in [2.24, 2.45) is 0 Å². The molecule has 0 atom stereocenters. The van der Waals surface area contributed by atoms with Crippen LogP contribution in [0.15, 0.2) is 36.5 Å². The van der Waals surface area contributed by atoms with Gasteiger partial charge in [0, 0.05) is 49.7 Å². The van der Waals surface area contributed by atoms with Gasteiger partial charge >= 0.3 is 6.03 Å². The van der Waals surface area contributed by atoms with Gasteiger partial charge < -0.3 is 25.0 Å². The first-order chi connectivity index (χ1) is 12.6. The fraction of sp³-hybridized carbons (Fsp3) is 0.368. The molecule has 0 unspecified atom stereocenters. The Labute approximate surface area is 154 Å². The van der Waals surface area contributed by atoms with Crippen molar-refractivity contribution in [3.8, 4) is 11.5 Å². The maximum absolute atomic E-state index is 12.2. The van der Waals surface area contributed by atoms with Crippen molar-refractivity contribution in [1.82, 2.24) is 10.3 Å². The molecule has 2 amide bonds. The SMILES string of the molecule is CCN(CC)c1cc(CNC(=O)Nc2cc(OC)cc(OC)c2)ccn1. The van der Waals surface area contributed by atoms with Gasteiger partial charge in [-0.2, -0.15) is 0 Å². The lowest BCUT2D eigenvalue weighted by Crippen LogP contribution is -2.28. The minimum Gasteiger partial charge on any atom is -0.497 e. The average Bonchev–Trinajstić information content (AvgIpc) is 2.67. The highest BCUT2D eigenvalue weighted by Gasteiger charge is 2.08. The van der Waals surface area contributed by atoms with Crippen LogP contribution in [0.3, 0.4) is 0 Å². The topological polar surface area (TPSA) is 75.7 Å². The van der Waals surface area contributed by atoms with Crippen molar-refractivity contribution in [2.75, 3.05) is 37.5 Å². The first-order valence-corrected chi connectivity index (χ1v) is 8.57. The van der Waals surface area contributed by atoms with Crippen LogP contribution in [0.1, 0.15) is 19.4 Å². The molecule has 0 aliphatic rings. The Bertz CT molecular complexity index is 710. The quantitative estimate of drug-likeness (QED) is 0.757. The van der Waals surface area contributed by atoms with Crippen molar-refractivity contribution in [3.63, 3.8) is 0 Å². The largest absolute Gasteiger partial charge is 0.497 e. The monoisotopic (exact) mass is 358 g/mol. The van der Waals surface area contributed by atoms with Crippen LogP contribution >= 0.6 is 0 Å². The van der Waals surface area contributed by atoms with E-state index in [9.17, 15) is 4.79 Å². The number of urea groups is 1. The maximum atomic E-state index is 12.2. The third kappa shape index (κ3) is 5.27. The van der Waals surface area contributed by atoms with Gasteiger partial charge in [0.25, 0.3) is 0 Å². The highest BCUT2D eigenvalue weighted by atomic mass is 16.5. The minimum absolute atomic E-state index is 0.304. The predicted octanol–water partition coefficient (Wildman–Crippen LogP) is 3.27. The van der Waals surface area contributed by atoms with E-state index in [0.717, 1.165) is 24.5 Å². The zero-order chi connectivity index (χ0) is 18.9. The highest BCUT2D eigenvalue weighted by molar-refractivity contribution is 5.89. The summed E-state index contributed by atoms with van der Waals surface area (Å²) in [4.78, 5) is 18.7. The van der Waals surface area contributed by atoms with Crippen molar-refractivity contribution >= 4 is 17.5 Å². The lowest BCUT2D eigenvalue weighted by molar-refractivity contribution is 0.251. The van der Waals surface area contributed by atoms with Gasteiger partial charge in [0.05, 0.1) is 14.2 Å². The Balaban J connectivity index is 1.98. The standard InChI is InChI=1S/C19H26N4O3/c1-5-23(6-2)18-9-14(7-8-20-18)13-21-19(24)22-15-10-16(25-3)12-17(11-15)26-4/h7-12H,5-6,13H2,1-4H3,(H2,21,22,24). The van der Waals surface area contributed by atoms with Crippen LogP contribution in [0.5, 0.6) is 11.5 Å². The van der Waals surface area contributed by atoms with E-state index in [0.29, 0.717) is 23.7 Å². The molecule has 0 aliphatic heterocycles. The van der Waals surface area contributed by atoms with Gasteiger partial charge in [0.2, 0.25) is 0 Å². The summed E-state index contributed by atoms with van der Waals surface area (Å²) in [6.45, 7) is 6.36. The van der Waals surface area contributed by atoms with E-state index in [-0.39, 0.29) is 6.03 Å². The molecule has 0 bridgehead atoms. The Kier molecular flexibility index (Phi) is 7.08. The summed E-state index contributed by atoms with van der Waals surface area (Å²) in [7, 11) is 3.13. The lowest BCUT2D eigenvalue weighted by Gasteiger charge is -2.20. The summed E-state index contributed by atoms with van der Waals surface area (Å²) >= 11 is 0. The molecule has 7 nitrogen and oxygen atoms in total. The van der Waals surface area contributed by atoms with Gasteiger partial charge in [0.1, 0.15) is 17.3 Å². The molecule has 7 heteroatoms. The smallest absolute Gasteiger partial charge is 0.319 e.